The zero-order valence-corrected chi connectivity index (χ0v) is 11.6. The molecule has 0 radical (unpaired) electrons. The molecule has 0 aliphatic carbocycles. The zero-order chi connectivity index (χ0) is 14.7. The average molecular weight is 270 g/mol. The summed E-state index contributed by atoms with van der Waals surface area (Å²) in [6.45, 7) is 4.45. The number of nitrogens with zero attached hydrogens (tertiary/aromatic N) is 1. The molecule has 0 heterocycles. The van der Waals surface area contributed by atoms with E-state index in [1.807, 2.05) is 38.1 Å². The highest BCUT2D eigenvalue weighted by Gasteiger charge is 2.17. The number of phenolic OH excluding ortho intramolecular Hbond substituents is 1. The van der Waals surface area contributed by atoms with Crippen LogP contribution in [0.25, 0.3) is 0 Å². The summed E-state index contributed by atoms with van der Waals surface area (Å²) in [4.78, 5) is 14.2. The Kier molecular flexibility index (Phi) is 3.94. The summed E-state index contributed by atoms with van der Waals surface area (Å²) in [5.74, 6) is -0.232. The van der Waals surface area contributed by atoms with Crippen molar-refractivity contribution in [2.45, 2.75) is 13.8 Å². The number of nitrogen functional groups attached to an aromatic ring is 1. The summed E-state index contributed by atoms with van der Waals surface area (Å²) in [7, 11) is 0. The quantitative estimate of drug-likeness (QED) is 0.665. The van der Waals surface area contributed by atoms with Crippen LogP contribution in [-0.2, 0) is 0 Å². The molecule has 2 rings (SSSR count). The number of amides is 1. The van der Waals surface area contributed by atoms with Crippen LogP contribution in [0.5, 0.6) is 5.75 Å². The molecule has 0 aromatic heterocycles. The molecule has 0 spiro atoms. The number of aryl methyl sites for hydroxylation is 1. The normalized spacial score (nSPS) is 10.3. The standard InChI is InChI=1S/C16H18N2O2/c1-3-18(13-6-4-5-11(2)9-13)16(20)12-7-8-14(17)15(19)10-12/h4-10,19H,3,17H2,1-2H3. The molecule has 1 amide bonds. The van der Waals surface area contributed by atoms with E-state index in [1.54, 1.807) is 11.0 Å². The SMILES string of the molecule is CCN(C(=O)c1ccc(N)c(O)c1)c1cccc(C)c1. The van der Waals surface area contributed by atoms with Crippen LogP contribution in [0.4, 0.5) is 11.4 Å². The van der Waals surface area contributed by atoms with Crippen LogP contribution in [0.1, 0.15) is 22.8 Å². The molecule has 4 nitrogen and oxygen atoms in total. The Labute approximate surface area is 118 Å². The number of nitrogens with two attached hydrogens (primary N) is 1. The smallest absolute Gasteiger partial charge is 0.258 e. The molecule has 0 unspecified atom stereocenters. The lowest BCUT2D eigenvalue weighted by molar-refractivity contribution is 0.0988. The van der Waals surface area contributed by atoms with Crippen LogP contribution in [0, 0.1) is 6.92 Å². The lowest BCUT2D eigenvalue weighted by Gasteiger charge is -2.21. The molecule has 0 saturated heterocycles. The van der Waals surface area contributed by atoms with Gasteiger partial charge in [0, 0.05) is 17.8 Å². The fraction of sp³-hybridized carbons (Fsp3) is 0.188. The fourth-order valence-electron chi connectivity index (χ4n) is 2.07. The Balaban J connectivity index is 2.36. The first-order chi connectivity index (χ1) is 9.52. The first-order valence-corrected chi connectivity index (χ1v) is 6.50. The Morgan fingerprint density at radius 1 is 1.25 bits per heavy atom. The highest BCUT2D eigenvalue weighted by Crippen LogP contribution is 2.24. The van der Waals surface area contributed by atoms with Crippen LogP contribution in [0.2, 0.25) is 0 Å². The van der Waals surface area contributed by atoms with E-state index in [4.69, 9.17) is 5.73 Å². The Morgan fingerprint density at radius 2 is 2.00 bits per heavy atom. The van der Waals surface area contributed by atoms with Gasteiger partial charge < -0.3 is 15.7 Å². The highest BCUT2D eigenvalue weighted by atomic mass is 16.3. The number of benzene rings is 2. The third-order valence-corrected chi connectivity index (χ3v) is 3.15. The van der Waals surface area contributed by atoms with Crippen molar-refractivity contribution in [3.8, 4) is 5.75 Å². The number of phenols is 1. The molecule has 0 fully saturated rings. The first-order valence-electron chi connectivity index (χ1n) is 6.50. The maximum Gasteiger partial charge on any atom is 0.258 e. The zero-order valence-electron chi connectivity index (χ0n) is 11.6. The van der Waals surface area contributed by atoms with Crippen LogP contribution >= 0.6 is 0 Å². The summed E-state index contributed by atoms with van der Waals surface area (Å²) >= 11 is 0. The second-order valence-corrected chi connectivity index (χ2v) is 4.66. The second-order valence-electron chi connectivity index (χ2n) is 4.66. The lowest BCUT2D eigenvalue weighted by atomic mass is 10.1. The minimum atomic E-state index is -0.159. The van der Waals surface area contributed by atoms with Crippen molar-refractivity contribution < 1.29 is 9.90 Å². The summed E-state index contributed by atoms with van der Waals surface area (Å²) in [6, 6.07) is 12.3. The Bertz CT molecular complexity index is 638. The van der Waals surface area contributed by atoms with Gasteiger partial charge in [-0.2, -0.15) is 0 Å². The maximum atomic E-state index is 12.5. The number of rotatable bonds is 3. The number of hydrogen-bond donors (Lipinski definition) is 2. The summed E-state index contributed by atoms with van der Waals surface area (Å²) in [6.07, 6.45) is 0. The van der Waals surface area contributed by atoms with E-state index in [0.29, 0.717) is 12.1 Å². The molecule has 104 valence electrons. The van der Waals surface area contributed by atoms with Gasteiger partial charge in [-0.25, -0.2) is 0 Å². The van der Waals surface area contributed by atoms with Crippen molar-refractivity contribution in [1.29, 1.82) is 0 Å². The largest absolute Gasteiger partial charge is 0.506 e. The Morgan fingerprint density at radius 3 is 2.60 bits per heavy atom. The van der Waals surface area contributed by atoms with Gasteiger partial charge >= 0.3 is 0 Å². The van der Waals surface area contributed by atoms with Crippen molar-refractivity contribution in [2.24, 2.45) is 0 Å². The molecule has 2 aromatic rings. The molecule has 0 saturated carbocycles. The summed E-state index contributed by atoms with van der Waals surface area (Å²) < 4.78 is 0. The van der Waals surface area contributed by atoms with E-state index in [-0.39, 0.29) is 17.3 Å². The van der Waals surface area contributed by atoms with Gasteiger partial charge in [0.05, 0.1) is 5.69 Å². The highest BCUT2D eigenvalue weighted by molar-refractivity contribution is 6.06. The van der Waals surface area contributed by atoms with Crippen molar-refractivity contribution in [3.05, 3.63) is 53.6 Å². The van der Waals surface area contributed by atoms with Crippen LogP contribution in [-0.4, -0.2) is 17.6 Å². The van der Waals surface area contributed by atoms with E-state index in [2.05, 4.69) is 0 Å². The third kappa shape index (κ3) is 2.74. The third-order valence-electron chi connectivity index (χ3n) is 3.15. The molecular weight excluding hydrogens is 252 g/mol. The predicted octanol–water partition coefficient (Wildman–Crippen LogP) is 2.95. The predicted molar refractivity (Wildman–Crippen MR) is 81.0 cm³/mol. The summed E-state index contributed by atoms with van der Waals surface area (Å²) in [5.41, 5.74) is 8.17. The number of carbonyl (C=O) groups is 1. The van der Waals surface area contributed by atoms with Gasteiger partial charge in [0.1, 0.15) is 5.75 Å². The molecular formula is C16H18N2O2. The van der Waals surface area contributed by atoms with Gasteiger partial charge in [0.2, 0.25) is 0 Å². The molecule has 0 aliphatic heterocycles. The number of aromatic hydroxyl groups is 1. The van der Waals surface area contributed by atoms with Gasteiger partial charge in [-0.3, -0.25) is 4.79 Å². The van der Waals surface area contributed by atoms with Gasteiger partial charge in [-0.1, -0.05) is 12.1 Å². The van der Waals surface area contributed by atoms with Crippen LogP contribution in [0.15, 0.2) is 42.5 Å². The van der Waals surface area contributed by atoms with Gasteiger partial charge in [0.25, 0.3) is 5.91 Å². The fourth-order valence-corrected chi connectivity index (χ4v) is 2.07. The van der Waals surface area contributed by atoms with E-state index < -0.39 is 0 Å². The second kappa shape index (κ2) is 5.65. The topological polar surface area (TPSA) is 66.6 Å². The monoisotopic (exact) mass is 270 g/mol. The van der Waals surface area contributed by atoms with E-state index in [0.717, 1.165) is 11.3 Å². The maximum absolute atomic E-state index is 12.5. The van der Waals surface area contributed by atoms with E-state index >= 15 is 0 Å². The van der Waals surface area contributed by atoms with Gasteiger partial charge in [-0.15, -0.1) is 0 Å². The van der Waals surface area contributed by atoms with E-state index in [9.17, 15) is 9.90 Å². The summed E-state index contributed by atoms with van der Waals surface area (Å²) in [5, 5.41) is 9.62. The number of anilines is 2. The van der Waals surface area contributed by atoms with Crippen molar-refractivity contribution in [3.63, 3.8) is 0 Å². The van der Waals surface area contributed by atoms with Crippen LogP contribution < -0.4 is 10.6 Å². The molecule has 4 heteroatoms. The first kappa shape index (κ1) is 13.9. The minimum Gasteiger partial charge on any atom is -0.506 e. The van der Waals surface area contributed by atoms with Gasteiger partial charge in [0.15, 0.2) is 0 Å². The van der Waals surface area contributed by atoms with Crippen LogP contribution in [0.3, 0.4) is 0 Å². The molecule has 0 aliphatic rings. The number of hydrogen-bond acceptors (Lipinski definition) is 3. The Hall–Kier alpha value is -2.49. The molecule has 3 N–H and O–H groups in total. The van der Waals surface area contributed by atoms with Crippen molar-refractivity contribution in [1.82, 2.24) is 0 Å². The lowest BCUT2D eigenvalue weighted by Crippen LogP contribution is -2.30. The number of carbonyl (C=O) groups excluding carboxylic acids is 1. The van der Waals surface area contributed by atoms with Gasteiger partial charge in [-0.05, 0) is 49.7 Å². The minimum absolute atomic E-state index is 0.0730. The molecule has 0 bridgehead atoms. The molecule has 20 heavy (non-hydrogen) atoms. The average Bonchev–Trinajstić information content (AvgIpc) is 2.42. The molecule has 0 atom stereocenters. The van der Waals surface area contributed by atoms with E-state index in [1.165, 1.54) is 12.1 Å². The van der Waals surface area contributed by atoms with Crippen molar-refractivity contribution in [2.75, 3.05) is 17.2 Å². The molecule has 2 aromatic carbocycles. The van der Waals surface area contributed by atoms with Crippen molar-refractivity contribution >= 4 is 17.3 Å².